The first-order chi connectivity index (χ1) is 8.63. The SMILES string of the molecule is CCc1ccccc1C(O)c1cc(Cl)ccc1Cl. The second kappa shape index (κ2) is 5.75. The lowest BCUT2D eigenvalue weighted by molar-refractivity contribution is 0.219. The minimum absolute atomic E-state index is 0.526. The summed E-state index contributed by atoms with van der Waals surface area (Å²) in [5.74, 6) is 0. The fourth-order valence-corrected chi connectivity index (χ4v) is 2.42. The second-order valence-electron chi connectivity index (χ2n) is 4.12. The van der Waals surface area contributed by atoms with Crippen molar-refractivity contribution in [3.05, 3.63) is 69.2 Å². The van der Waals surface area contributed by atoms with Gasteiger partial charge >= 0.3 is 0 Å². The molecule has 18 heavy (non-hydrogen) atoms. The first kappa shape index (κ1) is 13.4. The molecule has 0 aliphatic heterocycles. The normalized spacial score (nSPS) is 12.4. The van der Waals surface area contributed by atoms with Gasteiger partial charge < -0.3 is 5.11 Å². The number of aryl methyl sites for hydroxylation is 1. The lowest BCUT2D eigenvalue weighted by atomic mass is 9.95. The zero-order valence-electron chi connectivity index (χ0n) is 10.0. The van der Waals surface area contributed by atoms with Gasteiger partial charge in [-0.2, -0.15) is 0 Å². The Morgan fingerprint density at radius 3 is 2.50 bits per heavy atom. The molecule has 0 radical (unpaired) electrons. The Morgan fingerprint density at radius 2 is 1.78 bits per heavy atom. The van der Waals surface area contributed by atoms with Gasteiger partial charge in [0.25, 0.3) is 0 Å². The van der Waals surface area contributed by atoms with E-state index in [1.807, 2.05) is 24.3 Å². The molecular weight excluding hydrogens is 267 g/mol. The third kappa shape index (κ3) is 2.69. The molecule has 1 atom stereocenters. The van der Waals surface area contributed by atoms with Gasteiger partial charge in [-0.1, -0.05) is 54.4 Å². The molecule has 2 aromatic rings. The maximum atomic E-state index is 10.5. The van der Waals surface area contributed by atoms with E-state index >= 15 is 0 Å². The van der Waals surface area contributed by atoms with E-state index in [9.17, 15) is 5.11 Å². The van der Waals surface area contributed by atoms with E-state index in [2.05, 4.69) is 6.92 Å². The Morgan fingerprint density at radius 1 is 1.06 bits per heavy atom. The summed E-state index contributed by atoms with van der Waals surface area (Å²) < 4.78 is 0. The van der Waals surface area contributed by atoms with Crippen molar-refractivity contribution in [1.29, 1.82) is 0 Å². The molecule has 1 unspecified atom stereocenters. The van der Waals surface area contributed by atoms with Crippen LogP contribution in [0.1, 0.15) is 29.7 Å². The highest BCUT2D eigenvalue weighted by Gasteiger charge is 2.16. The zero-order chi connectivity index (χ0) is 13.1. The molecule has 2 aromatic carbocycles. The van der Waals surface area contributed by atoms with Crippen LogP contribution in [0.15, 0.2) is 42.5 Å². The summed E-state index contributed by atoms with van der Waals surface area (Å²) in [6, 6.07) is 12.9. The third-order valence-electron chi connectivity index (χ3n) is 2.98. The van der Waals surface area contributed by atoms with Crippen LogP contribution in [-0.4, -0.2) is 5.11 Å². The Bertz CT molecular complexity index is 552. The summed E-state index contributed by atoms with van der Waals surface area (Å²) in [5, 5.41) is 11.6. The van der Waals surface area contributed by atoms with Crippen LogP contribution in [0.3, 0.4) is 0 Å². The number of aliphatic hydroxyl groups is 1. The zero-order valence-corrected chi connectivity index (χ0v) is 11.5. The molecule has 0 spiro atoms. The van der Waals surface area contributed by atoms with E-state index in [1.54, 1.807) is 18.2 Å². The van der Waals surface area contributed by atoms with Crippen LogP contribution in [0.2, 0.25) is 10.0 Å². The molecule has 3 heteroatoms. The van der Waals surface area contributed by atoms with Gasteiger partial charge in [0, 0.05) is 15.6 Å². The molecule has 1 nitrogen and oxygen atoms in total. The van der Waals surface area contributed by atoms with Gasteiger partial charge in [-0.25, -0.2) is 0 Å². The average Bonchev–Trinajstić information content (AvgIpc) is 2.40. The highest BCUT2D eigenvalue weighted by Crippen LogP contribution is 2.32. The number of aliphatic hydroxyl groups excluding tert-OH is 1. The molecule has 0 saturated carbocycles. The summed E-state index contributed by atoms with van der Waals surface area (Å²) in [4.78, 5) is 0. The number of benzene rings is 2. The maximum Gasteiger partial charge on any atom is 0.106 e. The van der Waals surface area contributed by atoms with Gasteiger partial charge in [0.2, 0.25) is 0 Å². The van der Waals surface area contributed by atoms with Gasteiger partial charge in [0.05, 0.1) is 0 Å². The third-order valence-corrected chi connectivity index (χ3v) is 3.56. The average molecular weight is 281 g/mol. The van der Waals surface area contributed by atoms with E-state index in [4.69, 9.17) is 23.2 Å². The summed E-state index contributed by atoms with van der Waals surface area (Å²) in [7, 11) is 0. The van der Waals surface area contributed by atoms with Crippen LogP contribution in [0.4, 0.5) is 0 Å². The lowest BCUT2D eigenvalue weighted by Gasteiger charge is -2.16. The largest absolute Gasteiger partial charge is 0.384 e. The summed E-state index contributed by atoms with van der Waals surface area (Å²) in [6.45, 7) is 2.06. The quantitative estimate of drug-likeness (QED) is 0.869. The van der Waals surface area contributed by atoms with Crippen molar-refractivity contribution in [1.82, 2.24) is 0 Å². The molecule has 0 amide bonds. The molecular formula is C15H14Cl2O. The maximum absolute atomic E-state index is 10.5. The van der Waals surface area contributed by atoms with E-state index < -0.39 is 6.10 Å². The summed E-state index contributed by atoms with van der Waals surface area (Å²) >= 11 is 12.1. The summed E-state index contributed by atoms with van der Waals surface area (Å²) in [6.07, 6.45) is 0.123. The van der Waals surface area contributed by atoms with Gasteiger partial charge in [-0.3, -0.25) is 0 Å². The first-order valence-electron chi connectivity index (χ1n) is 5.84. The Kier molecular flexibility index (Phi) is 4.28. The van der Waals surface area contributed by atoms with Crippen molar-refractivity contribution in [2.75, 3.05) is 0 Å². The van der Waals surface area contributed by atoms with Gasteiger partial charge in [0.15, 0.2) is 0 Å². The smallest absolute Gasteiger partial charge is 0.106 e. The Labute approximate surface area is 117 Å². The van der Waals surface area contributed by atoms with Crippen molar-refractivity contribution in [3.8, 4) is 0 Å². The number of halogens is 2. The van der Waals surface area contributed by atoms with Crippen molar-refractivity contribution in [3.63, 3.8) is 0 Å². The van der Waals surface area contributed by atoms with E-state index in [0.29, 0.717) is 15.6 Å². The van der Waals surface area contributed by atoms with Gasteiger partial charge in [0.1, 0.15) is 6.10 Å². The predicted octanol–water partition coefficient (Wildman–Crippen LogP) is 4.64. The van der Waals surface area contributed by atoms with Crippen molar-refractivity contribution in [2.24, 2.45) is 0 Å². The number of hydrogen-bond donors (Lipinski definition) is 1. The van der Waals surface area contributed by atoms with Gasteiger partial charge in [-0.05, 0) is 35.7 Å². The van der Waals surface area contributed by atoms with E-state index in [0.717, 1.165) is 17.5 Å². The lowest BCUT2D eigenvalue weighted by Crippen LogP contribution is -2.04. The van der Waals surface area contributed by atoms with Gasteiger partial charge in [-0.15, -0.1) is 0 Å². The summed E-state index contributed by atoms with van der Waals surface area (Å²) in [5.41, 5.74) is 2.63. The molecule has 94 valence electrons. The van der Waals surface area contributed by atoms with Crippen molar-refractivity contribution >= 4 is 23.2 Å². The second-order valence-corrected chi connectivity index (χ2v) is 4.96. The molecule has 0 aromatic heterocycles. The Hall–Kier alpha value is -1.02. The van der Waals surface area contributed by atoms with Crippen molar-refractivity contribution < 1.29 is 5.11 Å². The van der Waals surface area contributed by atoms with E-state index in [-0.39, 0.29) is 0 Å². The first-order valence-corrected chi connectivity index (χ1v) is 6.60. The van der Waals surface area contributed by atoms with Crippen LogP contribution in [0, 0.1) is 0 Å². The molecule has 0 aliphatic carbocycles. The molecule has 0 saturated heterocycles. The molecule has 0 aliphatic rings. The highest BCUT2D eigenvalue weighted by molar-refractivity contribution is 6.33. The molecule has 0 heterocycles. The van der Waals surface area contributed by atoms with E-state index in [1.165, 1.54) is 0 Å². The monoisotopic (exact) mass is 280 g/mol. The topological polar surface area (TPSA) is 20.2 Å². The molecule has 0 bridgehead atoms. The van der Waals surface area contributed by atoms with Crippen LogP contribution >= 0.6 is 23.2 Å². The highest BCUT2D eigenvalue weighted by atomic mass is 35.5. The fraction of sp³-hybridized carbons (Fsp3) is 0.200. The molecule has 0 fully saturated rings. The van der Waals surface area contributed by atoms with Crippen LogP contribution in [0.25, 0.3) is 0 Å². The minimum atomic E-state index is -0.743. The fourth-order valence-electron chi connectivity index (χ4n) is 2.01. The molecule has 2 rings (SSSR count). The van der Waals surface area contributed by atoms with Crippen molar-refractivity contribution in [2.45, 2.75) is 19.4 Å². The van der Waals surface area contributed by atoms with Crippen LogP contribution < -0.4 is 0 Å². The molecule has 1 N–H and O–H groups in total. The minimum Gasteiger partial charge on any atom is -0.384 e. The van der Waals surface area contributed by atoms with Crippen LogP contribution in [-0.2, 0) is 6.42 Å². The number of rotatable bonds is 3. The standard InChI is InChI=1S/C15H14Cl2O/c1-2-10-5-3-4-6-12(10)15(18)13-9-11(16)7-8-14(13)17/h3-9,15,18H,2H2,1H3. The predicted molar refractivity (Wildman–Crippen MR) is 76.3 cm³/mol. The Balaban J connectivity index is 2.47. The van der Waals surface area contributed by atoms with Crippen LogP contribution in [0.5, 0.6) is 0 Å². The number of hydrogen-bond acceptors (Lipinski definition) is 1.